The molecule has 0 unspecified atom stereocenters. The average Bonchev–Trinajstić information content (AvgIpc) is 2.99. The molecule has 0 aliphatic rings. The Labute approximate surface area is 151 Å². The van der Waals surface area contributed by atoms with Crippen molar-refractivity contribution in [3.05, 3.63) is 40.8 Å². The van der Waals surface area contributed by atoms with Gasteiger partial charge in [0.05, 0.1) is 16.8 Å². The first-order chi connectivity index (χ1) is 12.2. The van der Waals surface area contributed by atoms with Crippen molar-refractivity contribution in [1.82, 2.24) is 19.7 Å². The van der Waals surface area contributed by atoms with Crippen LogP contribution in [0.3, 0.4) is 0 Å². The smallest absolute Gasteiger partial charge is 0.434 e. The molecular weight excluding hydrogens is 377 g/mol. The maximum atomic E-state index is 13.6. The van der Waals surface area contributed by atoms with Crippen LogP contribution in [-0.2, 0) is 11.0 Å². The number of carbonyl (C=O) groups excluding carboxylic acids is 1. The van der Waals surface area contributed by atoms with Gasteiger partial charge < -0.3 is 10.0 Å². The highest BCUT2D eigenvalue weighted by Gasteiger charge is 2.42. The fourth-order valence-electron chi connectivity index (χ4n) is 2.33. The van der Waals surface area contributed by atoms with Gasteiger partial charge in [0, 0.05) is 12.7 Å². The SMILES string of the molecule is CCCN(CC(=O)O)C(=O)c1cnn(-c2ncccc2Cl)c1C(F)(F)F. The van der Waals surface area contributed by atoms with Crippen LogP contribution in [0.2, 0.25) is 5.02 Å². The highest BCUT2D eigenvalue weighted by Crippen LogP contribution is 2.35. The highest BCUT2D eigenvalue weighted by molar-refractivity contribution is 6.32. The zero-order chi connectivity index (χ0) is 19.5. The number of carbonyl (C=O) groups is 2. The molecule has 140 valence electrons. The maximum absolute atomic E-state index is 13.6. The van der Waals surface area contributed by atoms with E-state index in [1.165, 1.54) is 18.3 Å². The van der Waals surface area contributed by atoms with Gasteiger partial charge in [0.15, 0.2) is 11.5 Å². The van der Waals surface area contributed by atoms with Crippen LogP contribution in [0, 0.1) is 0 Å². The molecule has 11 heteroatoms. The Morgan fingerprint density at radius 3 is 2.62 bits per heavy atom. The van der Waals surface area contributed by atoms with Gasteiger partial charge in [-0.3, -0.25) is 9.59 Å². The Balaban J connectivity index is 2.58. The van der Waals surface area contributed by atoms with Gasteiger partial charge in [-0.2, -0.15) is 18.3 Å². The van der Waals surface area contributed by atoms with Gasteiger partial charge in [0.2, 0.25) is 0 Å². The number of hydrogen-bond acceptors (Lipinski definition) is 4. The minimum absolute atomic E-state index is 0.0159. The molecule has 0 radical (unpaired) electrons. The number of nitrogens with zero attached hydrogens (tertiary/aromatic N) is 4. The molecule has 0 bridgehead atoms. The van der Waals surface area contributed by atoms with Crippen molar-refractivity contribution in [1.29, 1.82) is 0 Å². The summed E-state index contributed by atoms with van der Waals surface area (Å²) in [6.07, 6.45) is -2.59. The Morgan fingerprint density at radius 1 is 1.38 bits per heavy atom. The van der Waals surface area contributed by atoms with Gasteiger partial charge in [0.25, 0.3) is 5.91 Å². The number of rotatable bonds is 6. The fraction of sp³-hybridized carbons (Fsp3) is 0.333. The zero-order valence-electron chi connectivity index (χ0n) is 13.5. The predicted octanol–water partition coefficient (Wildman–Crippen LogP) is 2.88. The monoisotopic (exact) mass is 390 g/mol. The lowest BCUT2D eigenvalue weighted by Crippen LogP contribution is -2.37. The van der Waals surface area contributed by atoms with Crippen molar-refractivity contribution in [2.24, 2.45) is 0 Å². The number of halogens is 4. The van der Waals surface area contributed by atoms with Crippen molar-refractivity contribution in [3.63, 3.8) is 0 Å². The van der Waals surface area contributed by atoms with E-state index in [9.17, 15) is 22.8 Å². The molecule has 1 N–H and O–H groups in total. The van der Waals surface area contributed by atoms with E-state index < -0.39 is 35.9 Å². The zero-order valence-corrected chi connectivity index (χ0v) is 14.3. The molecule has 0 aromatic carbocycles. The Hall–Kier alpha value is -2.62. The molecule has 0 aliphatic carbocycles. The first-order valence-electron chi connectivity index (χ1n) is 7.44. The number of amides is 1. The van der Waals surface area contributed by atoms with E-state index in [2.05, 4.69) is 10.1 Å². The summed E-state index contributed by atoms with van der Waals surface area (Å²) in [5, 5.41) is 12.4. The first-order valence-corrected chi connectivity index (χ1v) is 7.81. The third-order valence-corrected chi connectivity index (χ3v) is 3.61. The summed E-state index contributed by atoms with van der Waals surface area (Å²) in [6.45, 7) is 0.932. The Bertz CT molecular complexity index is 823. The molecule has 0 saturated carbocycles. The number of carboxylic acid groups (broad SMARTS) is 1. The molecular formula is C15H14ClF3N4O3. The summed E-state index contributed by atoms with van der Waals surface area (Å²) in [6, 6.07) is 2.77. The molecule has 2 heterocycles. The summed E-state index contributed by atoms with van der Waals surface area (Å²) in [5.41, 5.74) is -2.14. The van der Waals surface area contributed by atoms with E-state index in [1.807, 2.05) is 0 Å². The molecule has 7 nitrogen and oxygen atoms in total. The van der Waals surface area contributed by atoms with Gasteiger partial charge >= 0.3 is 12.1 Å². The van der Waals surface area contributed by atoms with E-state index in [0.717, 1.165) is 11.1 Å². The van der Waals surface area contributed by atoms with E-state index in [0.29, 0.717) is 11.1 Å². The third kappa shape index (κ3) is 4.13. The largest absolute Gasteiger partial charge is 0.480 e. The Kier molecular flexibility index (Phi) is 5.86. The van der Waals surface area contributed by atoms with E-state index in [1.54, 1.807) is 6.92 Å². The number of alkyl halides is 3. The molecule has 2 aromatic heterocycles. The number of aliphatic carboxylic acids is 1. The van der Waals surface area contributed by atoms with E-state index in [4.69, 9.17) is 16.7 Å². The fourth-order valence-corrected chi connectivity index (χ4v) is 2.53. The number of carboxylic acids is 1. The number of aromatic nitrogens is 3. The number of hydrogen-bond donors (Lipinski definition) is 1. The minimum Gasteiger partial charge on any atom is -0.480 e. The predicted molar refractivity (Wildman–Crippen MR) is 85.2 cm³/mol. The van der Waals surface area contributed by atoms with Crippen LogP contribution in [0.4, 0.5) is 13.2 Å². The van der Waals surface area contributed by atoms with Crippen LogP contribution in [0.15, 0.2) is 24.5 Å². The van der Waals surface area contributed by atoms with Gasteiger partial charge in [-0.05, 0) is 18.6 Å². The molecule has 2 rings (SSSR count). The second kappa shape index (κ2) is 7.73. The second-order valence-corrected chi connectivity index (χ2v) is 5.65. The van der Waals surface area contributed by atoms with Crippen molar-refractivity contribution >= 4 is 23.5 Å². The standard InChI is InChI=1S/C15H14ClF3N4O3/c1-2-6-22(8-11(24)25)14(26)9-7-21-23(12(9)15(17,18)19)13-10(16)4-3-5-20-13/h3-5,7H,2,6,8H2,1H3,(H,24,25). The average molecular weight is 391 g/mol. The normalized spacial score (nSPS) is 11.4. The minimum atomic E-state index is -4.94. The lowest BCUT2D eigenvalue weighted by Gasteiger charge is -2.20. The van der Waals surface area contributed by atoms with Gasteiger partial charge in [0.1, 0.15) is 6.54 Å². The van der Waals surface area contributed by atoms with E-state index in [-0.39, 0.29) is 17.4 Å². The second-order valence-electron chi connectivity index (χ2n) is 5.25. The van der Waals surface area contributed by atoms with Gasteiger partial charge in [-0.1, -0.05) is 18.5 Å². The lowest BCUT2D eigenvalue weighted by atomic mass is 10.2. The first kappa shape index (κ1) is 19.7. The molecule has 0 spiro atoms. The molecule has 26 heavy (non-hydrogen) atoms. The molecule has 0 aliphatic heterocycles. The third-order valence-electron chi connectivity index (χ3n) is 3.31. The van der Waals surface area contributed by atoms with Crippen LogP contribution in [0.1, 0.15) is 29.4 Å². The summed E-state index contributed by atoms with van der Waals surface area (Å²) < 4.78 is 41.3. The van der Waals surface area contributed by atoms with E-state index >= 15 is 0 Å². The summed E-state index contributed by atoms with van der Waals surface area (Å²) in [5.74, 6) is -2.71. The van der Waals surface area contributed by atoms with Crippen LogP contribution >= 0.6 is 11.6 Å². The summed E-state index contributed by atoms with van der Waals surface area (Å²) >= 11 is 5.89. The number of pyridine rings is 1. The molecule has 0 saturated heterocycles. The van der Waals surface area contributed by atoms with Crippen LogP contribution in [0.25, 0.3) is 5.82 Å². The van der Waals surface area contributed by atoms with Crippen LogP contribution < -0.4 is 0 Å². The van der Waals surface area contributed by atoms with Crippen LogP contribution in [-0.4, -0.2) is 49.7 Å². The van der Waals surface area contributed by atoms with Crippen molar-refractivity contribution < 1.29 is 27.9 Å². The summed E-state index contributed by atoms with van der Waals surface area (Å²) in [4.78, 5) is 28.0. The molecule has 1 amide bonds. The molecule has 0 atom stereocenters. The molecule has 2 aromatic rings. The topological polar surface area (TPSA) is 88.3 Å². The van der Waals surface area contributed by atoms with Gasteiger partial charge in [-0.25, -0.2) is 9.67 Å². The quantitative estimate of drug-likeness (QED) is 0.819. The van der Waals surface area contributed by atoms with Crippen LogP contribution in [0.5, 0.6) is 0 Å². The Morgan fingerprint density at radius 2 is 2.08 bits per heavy atom. The molecule has 0 fully saturated rings. The van der Waals surface area contributed by atoms with Crippen molar-refractivity contribution in [3.8, 4) is 5.82 Å². The van der Waals surface area contributed by atoms with Gasteiger partial charge in [-0.15, -0.1) is 0 Å². The maximum Gasteiger partial charge on any atom is 0.434 e. The van der Waals surface area contributed by atoms with Crippen molar-refractivity contribution in [2.45, 2.75) is 19.5 Å². The lowest BCUT2D eigenvalue weighted by molar-refractivity contribution is -0.143. The van der Waals surface area contributed by atoms with Crippen molar-refractivity contribution in [2.75, 3.05) is 13.1 Å². The highest BCUT2D eigenvalue weighted by atomic mass is 35.5. The summed E-state index contributed by atoms with van der Waals surface area (Å²) in [7, 11) is 0.